The molecule has 5 nitrogen and oxygen atoms in total. The average molecular weight is 408 g/mol. The predicted octanol–water partition coefficient (Wildman–Crippen LogP) is 5.70. The molecule has 0 bridgehead atoms. The van der Waals surface area contributed by atoms with Gasteiger partial charge in [0, 0.05) is 6.93 Å². The fourth-order valence-corrected chi connectivity index (χ4v) is 3.52. The molecular weight excluding hydrogens is 392 g/mol. The zero-order valence-electron chi connectivity index (χ0n) is 14.7. The molecule has 0 saturated carbocycles. The molecule has 0 aliphatic heterocycles. The third-order valence-corrected chi connectivity index (χ3v) is 4.94. The van der Waals surface area contributed by atoms with E-state index >= 15 is 0 Å². The molecule has 2 aromatic carbocycles. The Kier molecular flexibility index (Phi) is 6.65. The second kappa shape index (κ2) is 9.38. The Morgan fingerprint density at radius 1 is 1.00 bits per heavy atom. The second-order valence-electron chi connectivity index (χ2n) is 4.65. The fourth-order valence-electron chi connectivity index (χ4n) is 1.97. The Labute approximate surface area is 164 Å². The second-order valence-corrected chi connectivity index (χ2v) is 6.76. The first-order valence-corrected chi connectivity index (χ1v) is 9.48. The lowest BCUT2D eigenvalue weighted by Crippen LogP contribution is -1.94. The van der Waals surface area contributed by atoms with E-state index in [2.05, 4.69) is 9.97 Å². The number of aromatic nitrogens is 2. The van der Waals surface area contributed by atoms with E-state index in [0.29, 0.717) is 18.0 Å². The van der Waals surface area contributed by atoms with E-state index < -0.39 is 11.2 Å². The molecule has 0 saturated heterocycles. The van der Waals surface area contributed by atoms with Crippen LogP contribution in [-0.2, 0) is 0 Å². The Morgan fingerprint density at radius 2 is 1.46 bits per heavy atom. The third kappa shape index (κ3) is 4.85. The van der Waals surface area contributed by atoms with Gasteiger partial charge in [-0.15, -0.1) is 22.7 Å². The summed E-state index contributed by atoms with van der Waals surface area (Å²) in [5, 5.41) is 8.24. The summed E-state index contributed by atoms with van der Waals surface area (Å²) >= 11 is 8.26. The van der Waals surface area contributed by atoms with Gasteiger partial charge < -0.3 is 5.11 Å². The van der Waals surface area contributed by atoms with Gasteiger partial charge in [0.1, 0.15) is 0 Å². The van der Waals surface area contributed by atoms with Crippen molar-refractivity contribution in [3.8, 4) is 0 Å². The van der Waals surface area contributed by atoms with Gasteiger partial charge in [-0.3, -0.25) is 4.79 Å². The number of carbonyl (C=O) groups excluding carboxylic acids is 1. The topological polar surface area (TPSA) is 80.2 Å². The van der Waals surface area contributed by atoms with Crippen molar-refractivity contribution in [3.63, 3.8) is 0 Å². The van der Waals surface area contributed by atoms with E-state index in [0.717, 1.165) is 20.4 Å². The van der Waals surface area contributed by atoms with Crippen molar-refractivity contribution in [2.45, 2.75) is 13.8 Å². The highest BCUT2D eigenvalue weighted by Crippen LogP contribution is 2.20. The summed E-state index contributed by atoms with van der Waals surface area (Å²) in [6.07, 6.45) is 0. The van der Waals surface area contributed by atoms with Crippen LogP contribution in [0.25, 0.3) is 20.4 Å². The summed E-state index contributed by atoms with van der Waals surface area (Å²) in [7, 11) is 0. The number of carboxylic acids is 1. The van der Waals surface area contributed by atoms with Crippen molar-refractivity contribution in [1.29, 1.82) is 0 Å². The molecule has 4 aromatic rings. The quantitative estimate of drug-likeness (QED) is 0.431. The average Bonchev–Trinajstić information content (AvgIpc) is 3.30. The number of carbonyl (C=O) groups is 2. The molecule has 2 aromatic heterocycles. The molecule has 0 fully saturated rings. The number of hydrogen-bond donors (Lipinski definition) is 1. The molecule has 0 aliphatic rings. The molecule has 0 aliphatic carbocycles. The summed E-state index contributed by atoms with van der Waals surface area (Å²) in [5.74, 6) is -0.898. The van der Waals surface area contributed by atoms with Gasteiger partial charge in [0.25, 0.3) is 5.24 Å². The lowest BCUT2D eigenvalue weighted by atomic mass is 10.2. The molecule has 8 heteroatoms. The van der Waals surface area contributed by atoms with Crippen LogP contribution in [-0.4, -0.2) is 26.3 Å². The molecule has 0 amide bonds. The van der Waals surface area contributed by atoms with E-state index in [1.54, 1.807) is 54.3 Å². The summed E-state index contributed by atoms with van der Waals surface area (Å²) < 4.78 is 8.11. The van der Waals surface area contributed by atoms with E-state index in [9.17, 15) is 9.59 Å². The maximum Gasteiger partial charge on any atom is 0.335 e. The predicted molar refractivity (Wildman–Crippen MR) is 108 cm³/mol. The van der Waals surface area contributed by atoms with Crippen LogP contribution in [0.3, 0.4) is 0 Å². The van der Waals surface area contributed by atoms with Gasteiger partial charge in [0.2, 0.25) is 0 Å². The SMILES string of the molecule is O=C(Cl)c1ccc2ncsc2c1.O=C(O)c1ccc2ncsc2c1.[2H]CC. The minimum absolute atomic E-state index is 0.312. The van der Waals surface area contributed by atoms with E-state index in [1.807, 2.05) is 0 Å². The fraction of sp³-hybridized carbons (Fsp3) is 0.111. The van der Waals surface area contributed by atoms with Crippen LogP contribution in [0.1, 0.15) is 35.9 Å². The molecule has 2 heterocycles. The third-order valence-electron chi connectivity index (χ3n) is 3.14. The summed E-state index contributed by atoms with van der Waals surface area (Å²) in [6.45, 7) is 2.29. The van der Waals surface area contributed by atoms with Crippen LogP contribution in [0, 0.1) is 0 Å². The van der Waals surface area contributed by atoms with Crippen molar-refractivity contribution in [3.05, 3.63) is 58.5 Å². The van der Waals surface area contributed by atoms with Crippen LogP contribution in [0.5, 0.6) is 0 Å². The van der Waals surface area contributed by atoms with Gasteiger partial charge in [-0.2, -0.15) is 0 Å². The lowest BCUT2D eigenvalue weighted by Gasteiger charge is -1.91. The van der Waals surface area contributed by atoms with Gasteiger partial charge in [0.15, 0.2) is 0 Å². The number of hydrogen-bond acceptors (Lipinski definition) is 6. The first-order chi connectivity index (χ1) is 13.0. The van der Waals surface area contributed by atoms with E-state index in [1.165, 1.54) is 22.7 Å². The molecule has 1 N–H and O–H groups in total. The van der Waals surface area contributed by atoms with Crippen molar-refractivity contribution in [1.82, 2.24) is 9.97 Å². The minimum atomic E-state index is -0.898. The molecule has 0 unspecified atom stereocenters. The molecule has 134 valence electrons. The van der Waals surface area contributed by atoms with Gasteiger partial charge in [-0.25, -0.2) is 14.8 Å². The zero-order valence-corrected chi connectivity index (χ0v) is 16.1. The first-order valence-electron chi connectivity index (χ1n) is 8.05. The number of halogens is 1. The van der Waals surface area contributed by atoms with Crippen molar-refractivity contribution < 1.29 is 16.1 Å². The highest BCUT2D eigenvalue weighted by atomic mass is 35.5. The normalized spacial score (nSPS) is 10.3. The maximum atomic E-state index is 10.8. The number of fused-ring (bicyclic) bond motifs is 2. The Balaban J connectivity index is 0.000000170. The van der Waals surface area contributed by atoms with Crippen LogP contribution in [0.2, 0.25) is 0 Å². The van der Waals surface area contributed by atoms with Crippen molar-refractivity contribution >= 4 is 65.9 Å². The Hall–Kier alpha value is -2.35. The Morgan fingerprint density at radius 3 is 1.92 bits per heavy atom. The van der Waals surface area contributed by atoms with Crippen LogP contribution >= 0.6 is 34.3 Å². The Bertz CT molecular complexity index is 981. The van der Waals surface area contributed by atoms with Gasteiger partial charge in [-0.05, 0) is 48.0 Å². The first kappa shape index (κ1) is 18.4. The largest absolute Gasteiger partial charge is 0.478 e. The molecule has 0 radical (unpaired) electrons. The smallest absolute Gasteiger partial charge is 0.335 e. The van der Waals surface area contributed by atoms with E-state index in [4.69, 9.17) is 18.1 Å². The summed E-state index contributed by atoms with van der Waals surface area (Å²) in [6, 6.07) is 10.1. The standard InChI is InChI=1S/C8H4ClNOS.C8H5NO2S.C2H6/c9-8(11)5-1-2-6-7(3-5)12-4-10-6;10-8(11)5-1-2-6-7(3-5)12-4-9-6;1-2/h1-4H;1-4H,(H,10,11);1-2H3/i;;1D. The number of rotatable bonds is 2. The zero-order chi connectivity index (χ0) is 19.8. The highest BCUT2D eigenvalue weighted by molar-refractivity contribution is 7.17. The van der Waals surface area contributed by atoms with Crippen molar-refractivity contribution in [2.75, 3.05) is 0 Å². The van der Waals surface area contributed by atoms with Crippen molar-refractivity contribution in [2.24, 2.45) is 0 Å². The van der Waals surface area contributed by atoms with Gasteiger partial charge in [0.05, 0.1) is 37.0 Å². The van der Waals surface area contributed by atoms with Gasteiger partial charge >= 0.3 is 5.97 Å². The summed E-state index contributed by atoms with van der Waals surface area (Å²) in [4.78, 5) is 29.4. The molecule has 0 spiro atoms. The maximum absolute atomic E-state index is 10.8. The number of nitrogens with zero attached hydrogens (tertiary/aromatic N) is 2. The van der Waals surface area contributed by atoms with E-state index in [-0.39, 0.29) is 0 Å². The molecule has 26 heavy (non-hydrogen) atoms. The number of benzene rings is 2. The van der Waals surface area contributed by atoms with Gasteiger partial charge in [-0.1, -0.05) is 13.8 Å². The molecular formula is C18H15ClN2O3S2. The number of aromatic carboxylic acids is 1. The monoisotopic (exact) mass is 407 g/mol. The number of carboxylic acid groups (broad SMARTS) is 1. The van der Waals surface area contributed by atoms with Crippen LogP contribution < -0.4 is 0 Å². The van der Waals surface area contributed by atoms with Crippen LogP contribution in [0.4, 0.5) is 0 Å². The van der Waals surface area contributed by atoms with Crippen LogP contribution in [0.15, 0.2) is 47.4 Å². The molecule has 4 rings (SSSR count). The number of thiazole rings is 2. The molecule has 0 atom stereocenters. The minimum Gasteiger partial charge on any atom is -0.478 e. The lowest BCUT2D eigenvalue weighted by molar-refractivity contribution is 0.0697. The highest BCUT2D eigenvalue weighted by Gasteiger charge is 2.04. The summed E-state index contributed by atoms with van der Waals surface area (Å²) in [5.41, 5.74) is 6.04.